The number of para-hydroxylation sites is 2. The van der Waals surface area contributed by atoms with Crippen molar-refractivity contribution < 1.29 is 13.6 Å². The van der Waals surface area contributed by atoms with Gasteiger partial charge < -0.3 is 23.8 Å². The van der Waals surface area contributed by atoms with Crippen molar-refractivity contribution in [3.05, 3.63) is 151 Å². The van der Waals surface area contributed by atoms with Crippen LogP contribution in [0.15, 0.2) is 154 Å². The summed E-state index contributed by atoms with van der Waals surface area (Å²) in [5.41, 5.74) is 8.50. The van der Waals surface area contributed by atoms with Crippen molar-refractivity contribution in [2.45, 2.75) is 6.23 Å². The van der Waals surface area contributed by atoms with Gasteiger partial charge in [-0.2, -0.15) is 0 Å². The zero-order valence-electron chi connectivity index (χ0n) is 24.6. The SMILES string of the molecule is c1ccc(C2Nc3ccc4c(N(c5ccc6c(c5)oc5ccccc56)c5ccc6c(c5)oc5ccccc56)cccc4c3O2)cc1. The van der Waals surface area contributed by atoms with Gasteiger partial charge in [0.1, 0.15) is 22.3 Å². The first-order chi connectivity index (χ1) is 22.8. The molecule has 1 aliphatic rings. The van der Waals surface area contributed by atoms with Crippen molar-refractivity contribution in [2.75, 3.05) is 10.2 Å². The summed E-state index contributed by atoms with van der Waals surface area (Å²) < 4.78 is 19.3. The average molecular weight is 595 g/mol. The van der Waals surface area contributed by atoms with E-state index in [1.165, 1.54) is 0 Å². The first-order valence-electron chi connectivity index (χ1n) is 15.5. The largest absolute Gasteiger partial charge is 0.464 e. The molecule has 1 atom stereocenters. The van der Waals surface area contributed by atoms with Crippen LogP contribution in [0.3, 0.4) is 0 Å². The molecule has 7 aromatic carbocycles. The number of fused-ring (bicyclic) bond motifs is 9. The Balaban J connectivity index is 1.18. The number of hydrogen-bond acceptors (Lipinski definition) is 5. The maximum Gasteiger partial charge on any atom is 0.196 e. The molecule has 218 valence electrons. The molecule has 1 N–H and O–H groups in total. The Morgan fingerprint density at radius 3 is 1.70 bits per heavy atom. The summed E-state index contributed by atoms with van der Waals surface area (Å²) in [7, 11) is 0. The van der Waals surface area contributed by atoms with Gasteiger partial charge in [0.15, 0.2) is 12.0 Å². The minimum atomic E-state index is -0.243. The summed E-state index contributed by atoms with van der Waals surface area (Å²) in [5, 5.41) is 10.1. The lowest BCUT2D eigenvalue weighted by Crippen LogP contribution is -2.10. The minimum Gasteiger partial charge on any atom is -0.464 e. The lowest BCUT2D eigenvalue weighted by Gasteiger charge is -2.27. The molecule has 0 radical (unpaired) electrons. The fraction of sp³-hybridized carbons (Fsp3) is 0.0244. The highest BCUT2D eigenvalue weighted by atomic mass is 16.5. The van der Waals surface area contributed by atoms with Crippen molar-refractivity contribution in [3.63, 3.8) is 0 Å². The van der Waals surface area contributed by atoms with Crippen LogP contribution in [0.25, 0.3) is 54.6 Å². The van der Waals surface area contributed by atoms with E-state index in [1.54, 1.807) is 0 Å². The standard InChI is InChI=1S/C41H26N2O3/c1-2-9-25(10-3-1)41-42-34-22-21-28-33(40(34)46-41)13-8-14-35(28)43(26-17-19-31-29-11-4-6-15-36(29)44-38(31)23-26)27-18-20-32-30-12-5-7-16-37(30)45-39(32)24-27/h1-24,41-42H. The maximum absolute atomic E-state index is 6.58. The average Bonchev–Trinajstić information content (AvgIpc) is 3.82. The summed E-state index contributed by atoms with van der Waals surface area (Å²) in [4.78, 5) is 2.28. The minimum absolute atomic E-state index is 0.243. The molecule has 0 saturated heterocycles. The third-order valence-corrected chi connectivity index (χ3v) is 9.10. The van der Waals surface area contributed by atoms with Gasteiger partial charge in [0.05, 0.1) is 11.4 Å². The third kappa shape index (κ3) is 3.75. The number of furan rings is 2. The van der Waals surface area contributed by atoms with Crippen LogP contribution in [0.1, 0.15) is 11.8 Å². The number of hydrogen-bond donors (Lipinski definition) is 1. The zero-order chi connectivity index (χ0) is 30.2. The number of nitrogens with zero attached hydrogens (tertiary/aromatic N) is 1. The molecule has 9 aromatic rings. The van der Waals surface area contributed by atoms with E-state index in [2.05, 4.69) is 101 Å². The molecule has 1 aliphatic heterocycles. The first kappa shape index (κ1) is 25.2. The maximum atomic E-state index is 6.58. The number of ether oxygens (including phenoxy) is 1. The molecule has 5 heteroatoms. The molecule has 0 fully saturated rings. The highest BCUT2D eigenvalue weighted by Gasteiger charge is 2.27. The normalized spacial score (nSPS) is 14.2. The van der Waals surface area contributed by atoms with Gasteiger partial charge in [-0.05, 0) is 54.6 Å². The van der Waals surface area contributed by atoms with Crippen LogP contribution in [0.4, 0.5) is 22.7 Å². The van der Waals surface area contributed by atoms with Crippen LogP contribution in [0, 0.1) is 0 Å². The predicted octanol–water partition coefficient (Wildman–Crippen LogP) is 11.6. The van der Waals surface area contributed by atoms with Crippen molar-refractivity contribution in [1.82, 2.24) is 0 Å². The molecule has 0 amide bonds. The smallest absolute Gasteiger partial charge is 0.196 e. The van der Waals surface area contributed by atoms with Gasteiger partial charge in [0.2, 0.25) is 0 Å². The van der Waals surface area contributed by atoms with E-state index in [1.807, 2.05) is 54.6 Å². The Bertz CT molecular complexity index is 2500. The Kier molecular flexibility index (Phi) is 5.28. The highest BCUT2D eigenvalue weighted by molar-refractivity contribution is 6.10. The van der Waals surface area contributed by atoms with Crippen LogP contribution in [0.5, 0.6) is 5.75 Å². The van der Waals surface area contributed by atoms with E-state index in [0.29, 0.717) is 0 Å². The molecular formula is C41H26N2O3. The lowest BCUT2D eigenvalue weighted by atomic mass is 10.0. The molecule has 0 spiro atoms. The number of nitrogens with one attached hydrogen (secondary N) is 1. The van der Waals surface area contributed by atoms with Gasteiger partial charge in [0.25, 0.3) is 0 Å². The van der Waals surface area contributed by atoms with Crippen LogP contribution >= 0.6 is 0 Å². The summed E-state index contributed by atoms with van der Waals surface area (Å²) in [6, 6.07) is 50.2. The molecule has 0 saturated carbocycles. The number of anilines is 4. The van der Waals surface area contributed by atoms with Gasteiger partial charge in [-0.1, -0.05) is 78.9 Å². The summed E-state index contributed by atoms with van der Waals surface area (Å²) in [6.45, 7) is 0. The van der Waals surface area contributed by atoms with E-state index < -0.39 is 0 Å². The lowest BCUT2D eigenvalue weighted by molar-refractivity contribution is 0.262. The molecule has 0 aliphatic carbocycles. The Hall–Kier alpha value is -6.20. The Morgan fingerprint density at radius 1 is 0.457 bits per heavy atom. The molecule has 2 aromatic heterocycles. The summed E-state index contributed by atoms with van der Waals surface area (Å²) in [6.07, 6.45) is -0.243. The van der Waals surface area contributed by atoms with E-state index in [0.717, 1.165) is 88.7 Å². The quantitative estimate of drug-likeness (QED) is 0.220. The topological polar surface area (TPSA) is 50.8 Å². The van der Waals surface area contributed by atoms with Gasteiger partial charge in [-0.15, -0.1) is 0 Å². The number of benzene rings is 7. The third-order valence-electron chi connectivity index (χ3n) is 9.10. The monoisotopic (exact) mass is 594 g/mol. The van der Waals surface area contributed by atoms with Crippen molar-refractivity contribution in [1.29, 1.82) is 0 Å². The predicted molar refractivity (Wildman–Crippen MR) is 187 cm³/mol. The highest BCUT2D eigenvalue weighted by Crippen LogP contribution is 2.48. The molecular weight excluding hydrogens is 568 g/mol. The van der Waals surface area contributed by atoms with Gasteiger partial charge in [-0.25, -0.2) is 0 Å². The molecule has 46 heavy (non-hydrogen) atoms. The molecule has 5 nitrogen and oxygen atoms in total. The second-order valence-corrected chi connectivity index (χ2v) is 11.8. The van der Waals surface area contributed by atoms with Gasteiger partial charge in [-0.3, -0.25) is 0 Å². The van der Waals surface area contributed by atoms with E-state index in [9.17, 15) is 0 Å². The molecule has 1 unspecified atom stereocenters. The van der Waals surface area contributed by atoms with Crippen LogP contribution < -0.4 is 15.0 Å². The van der Waals surface area contributed by atoms with Gasteiger partial charge >= 0.3 is 0 Å². The summed E-state index contributed by atoms with van der Waals surface area (Å²) >= 11 is 0. The molecule has 3 heterocycles. The van der Waals surface area contributed by atoms with Crippen LogP contribution in [-0.2, 0) is 0 Å². The zero-order valence-corrected chi connectivity index (χ0v) is 24.6. The fourth-order valence-electron chi connectivity index (χ4n) is 6.95. The fourth-order valence-corrected chi connectivity index (χ4v) is 6.95. The van der Waals surface area contributed by atoms with Crippen LogP contribution in [-0.4, -0.2) is 0 Å². The molecule has 0 bridgehead atoms. The van der Waals surface area contributed by atoms with E-state index in [-0.39, 0.29) is 6.23 Å². The van der Waals surface area contributed by atoms with Gasteiger partial charge in [0, 0.05) is 61.4 Å². The second-order valence-electron chi connectivity index (χ2n) is 11.8. The van der Waals surface area contributed by atoms with Crippen LogP contribution in [0.2, 0.25) is 0 Å². The first-order valence-corrected chi connectivity index (χ1v) is 15.5. The molecule has 10 rings (SSSR count). The van der Waals surface area contributed by atoms with Crippen molar-refractivity contribution in [3.8, 4) is 5.75 Å². The van der Waals surface area contributed by atoms with E-state index in [4.69, 9.17) is 13.6 Å². The Labute approximate surface area is 263 Å². The second kappa shape index (κ2) is 9.65. The van der Waals surface area contributed by atoms with Crippen molar-refractivity contribution >= 4 is 77.4 Å². The van der Waals surface area contributed by atoms with Crippen molar-refractivity contribution in [2.24, 2.45) is 0 Å². The number of rotatable bonds is 4. The summed E-state index contributed by atoms with van der Waals surface area (Å²) in [5.74, 6) is 0.855. The Morgan fingerprint density at radius 2 is 1.02 bits per heavy atom. The van der Waals surface area contributed by atoms with E-state index >= 15 is 0 Å².